The van der Waals surface area contributed by atoms with Gasteiger partial charge in [0, 0.05) is 18.7 Å². The number of hydrogen-bond donors (Lipinski definition) is 1. The van der Waals surface area contributed by atoms with E-state index in [1.54, 1.807) is 0 Å². The minimum Gasteiger partial charge on any atom is -0.387 e. The molecule has 1 aliphatic rings. The van der Waals surface area contributed by atoms with Crippen LogP contribution in [0, 0.1) is 5.41 Å². The zero-order chi connectivity index (χ0) is 12.3. The first-order valence-electron chi connectivity index (χ1n) is 5.80. The molecule has 1 heterocycles. The van der Waals surface area contributed by atoms with E-state index in [0.29, 0.717) is 11.9 Å². The Labute approximate surface area is 98.7 Å². The number of aliphatic imine (C=N–C) groups is 1. The number of nitrogens with zero attached hydrogens (tertiary/aromatic N) is 2. The van der Waals surface area contributed by atoms with Crippen molar-refractivity contribution in [2.75, 3.05) is 7.05 Å². The molecule has 0 aliphatic carbocycles. The van der Waals surface area contributed by atoms with Crippen molar-refractivity contribution in [3.05, 3.63) is 24.0 Å². The molecule has 0 amide bonds. The summed E-state index contributed by atoms with van der Waals surface area (Å²) in [6.07, 6.45) is 7.17. The third-order valence-electron chi connectivity index (χ3n) is 2.89. The summed E-state index contributed by atoms with van der Waals surface area (Å²) in [5.74, 6) is 0.679. The number of hydrogen-bond acceptors (Lipinski definition) is 2. The first kappa shape index (κ1) is 12.8. The highest BCUT2D eigenvalue weighted by atomic mass is 15.1. The Hall–Kier alpha value is -1.25. The van der Waals surface area contributed by atoms with Gasteiger partial charge in [-0.2, -0.15) is 0 Å². The Balaban J connectivity index is 2.83. The quantitative estimate of drug-likeness (QED) is 0.575. The van der Waals surface area contributed by atoms with Crippen LogP contribution in [-0.2, 0) is 0 Å². The first-order chi connectivity index (χ1) is 7.36. The summed E-state index contributed by atoms with van der Waals surface area (Å²) in [6, 6.07) is 0.441. The van der Waals surface area contributed by atoms with E-state index in [2.05, 4.69) is 56.9 Å². The maximum absolute atomic E-state index is 5.92. The Morgan fingerprint density at radius 2 is 2.19 bits per heavy atom. The molecule has 0 radical (unpaired) electrons. The Kier molecular flexibility index (Phi) is 3.79. The second-order valence-electron chi connectivity index (χ2n) is 5.30. The lowest BCUT2D eigenvalue weighted by atomic mass is 9.95. The van der Waals surface area contributed by atoms with Gasteiger partial charge in [0.1, 0.15) is 5.84 Å². The average molecular weight is 221 g/mol. The Morgan fingerprint density at radius 3 is 2.69 bits per heavy atom. The van der Waals surface area contributed by atoms with Gasteiger partial charge in [-0.1, -0.05) is 27.7 Å². The van der Waals surface area contributed by atoms with Crippen LogP contribution in [0.4, 0.5) is 0 Å². The van der Waals surface area contributed by atoms with Crippen LogP contribution in [0.5, 0.6) is 0 Å². The van der Waals surface area contributed by atoms with Crippen molar-refractivity contribution < 1.29 is 0 Å². The van der Waals surface area contributed by atoms with Gasteiger partial charge in [-0.15, -0.1) is 0 Å². The second kappa shape index (κ2) is 4.73. The van der Waals surface area contributed by atoms with Gasteiger partial charge in [-0.3, -0.25) is 0 Å². The van der Waals surface area contributed by atoms with Crippen LogP contribution in [0.3, 0.4) is 0 Å². The van der Waals surface area contributed by atoms with Gasteiger partial charge in [0.15, 0.2) is 0 Å². The molecule has 16 heavy (non-hydrogen) atoms. The van der Waals surface area contributed by atoms with Crippen molar-refractivity contribution in [1.29, 1.82) is 0 Å². The van der Waals surface area contributed by atoms with E-state index in [-0.39, 0.29) is 5.41 Å². The predicted molar refractivity (Wildman–Crippen MR) is 70.1 cm³/mol. The summed E-state index contributed by atoms with van der Waals surface area (Å²) < 4.78 is 0. The summed E-state index contributed by atoms with van der Waals surface area (Å²) in [7, 11) is 2.09. The van der Waals surface area contributed by atoms with Gasteiger partial charge in [0.05, 0.1) is 6.04 Å². The van der Waals surface area contributed by atoms with Crippen molar-refractivity contribution in [3.8, 4) is 0 Å². The van der Waals surface area contributed by atoms with E-state index in [1.165, 1.54) is 5.57 Å². The lowest BCUT2D eigenvalue weighted by Gasteiger charge is -2.20. The number of likely N-dealkylation sites (N-methyl/N-ethyl adjacent to an activating group) is 1. The van der Waals surface area contributed by atoms with Crippen molar-refractivity contribution in [1.82, 2.24) is 4.90 Å². The highest BCUT2D eigenvalue weighted by molar-refractivity contribution is 5.85. The number of amidine groups is 1. The molecular weight excluding hydrogens is 198 g/mol. The minimum absolute atomic E-state index is 0.0625. The molecule has 3 heteroatoms. The molecule has 1 atom stereocenters. The molecule has 1 unspecified atom stereocenters. The highest BCUT2D eigenvalue weighted by Gasteiger charge is 2.19. The standard InChI is InChI=1S/C13H23N3/c1-6-11-10(7-8-16(11)5)9-15-12(14)13(2,3)4/h7-9,11H,6H2,1-5H3,(H2,14,15)/b10-9-. The van der Waals surface area contributed by atoms with Crippen LogP contribution in [0.1, 0.15) is 34.1 Å². The molecule has 0 saturated heterocycles. The fourth-order valence-electron chi connectivity index (χ4n) is 1.64. The van der Waals surface area contributed by atoms with Gasteiger partial charge in [-0.05, 0) is 24.3 Å². The van der Waals surface area contributed by atoms with Crippen LogP contribution < -0.4 is 5.73 Å². The summed E-state index contributed by atoms with van der Waals surface area (Å²) in [6.45, 7) is 8.38. The molecular formula is C13H23N3. The fourth-order valence-corrected chi connectivity index (χ4v) is 1.64. The monoisotopic (exact) mass is 221 g/mol. The van der Waals surface area contributed by atoms with Gasteiger partial charge < -0.3 is 10.6 Å². The first-order valence-corrected chi connectivity index (χ1v) is 5.80. The highest BCUT2D eigenvalue weighted by Crippen LogP contribution is 2.22. The second-order valence-corrected chi connectivity index (χ2v) is 5.30. The van der Waals surface area contributed by atoms with Gasteiger partial charge in [0.25, 0.3) is 0 Å². The maximum atomic E-state index is 5.92. The van der Waals surface area contributed by atoms with E-state index in [4.69, 9.17) is 5.73 Å². The maximum Gasteiger partial charge on any atom is 0.104 e. The van der Waals surface area contributed by atoms with Crippen LogP contribution in [-0.4, -0.2) is 23.8 Å². The smallest absolute Gasteiger partial charge is 0.104 e. The molecule has 1 aliphatic heterocycles. The molecule has 90 valence electrons. The molecule has 0 saturated carbocycles. The average Bonchev–Trinajstić information content (AvgIpc) is 2.54. The van der Waals surface area contributed by atoms with Gasteiger partial charge in [0.2, 0.25) is 0 Å². The lowest BCUT2D eigenvalue weighted by molar-refractivity contribution is 0.384. The molecule has 2 N–H and O–H groups in total. The zero-order valence-corrected chi connectivity index (χ0v) is 11.0. The molecule has 0 spiro atoms. The normalized spacial score (nSPS) is 24.6. The summed E-state index contributed by atoms with van der Waals surface area (Å²) in [4.78, 5) is 6.57. The molecule has 1 rings (SSSR count). The molecule has 0 aromatic rings. The van der Waals surface area contributed by atoms with E-state index < -0.39 is 0 Å². The molecule has 0 bridgehead atoms. The molecule has 0 fully saturated rings. The third-order valence-corrected chi connectivity index (χ3v) is 2.89. The third kappa shape index (κ3) is 2.87. The topological polar surface area (TPSA) is 41.6 Å². The van der Waals surface area contributed by atoms with Crippen molar-refractivity contribution >= 4 is 5.84 Å². The number of rotatable bonds is 2. The van der Waals surface area contributed by atoms with Crippen LogP contribution in [0.25, 0.3) is 0 Å². The van der Waals surface area contributed by atoms with Crippen molar-refractivity contribution in [3.63, 3.8) is 0 Å². The molecule has 0 aromatic heterocycles. The molecule has 0 aromatic carbocycles. The Morgan fingerprint density at radius 1 is 1.56 bits per heavy atom. The summed E-state index contributed by atoms with van der Waals surface area (Å²) in [5, 5.41) is 0. The van der Waals surface area contributed by atoms with Crippen LogP contribution >= 0.6 is 0 Å². The van der Waals surface area contributed by atoms with Gasteiger partial charge >= 0.3 is 0 Å². The minimum atomic E-state index is -0.0625. The fraction of sp³-hybridized carbons (Fsp3) is 0.615. The van der Waals surface area contributed by atoms with Gasteiger partial charge in [-0.25, -0.2) is 4.99 Å². The molecule has 3 nitrogen and oxygen atoms in total. The number of nitrogens with two attached hydrogens (primary N) is 1. The van der Waals surface area contributed by atoms with E-state index in [0.717, 1.165) is 6.42 Å². The largest absolute Gasteiger partial charge is 0.387 e. The van der Waals surface area contributed by atoms with E-state index in [9.17, 15) is 0 Å². The van der Waals surface area contributed by atoms with Crippen molar-refractivity contribution in [2.45, 2.75) is 40.2 Å². The summed E-state index contributed by atoms with van der Waals surface area (Å²) >= 11 is 0. The predicted octanol–water partition coefficient (Wildman–Crippen LogP) is 2.51. The van der Waals surface area contributed by atoms with Crippen molar-refractivity contribution in [2.24, 2.45) is 16.1 Å². The van der Waals surface area contributed by atoms with E-state index >= 15 is 0 Å². The SMILES string of the molecule is CCC1/C(=C\N=C(N)C(C)(C)C)C=CN1C. The van der Waals surface area contributed by atoms with Crippen LogP contribution in [0.2, 0.25) is 0 Å². The zero-order valence-electron chi connectivity index (χ0n) is 11.0. The lowest BCUT2D eigenvalue weighted by Crippen LogP contribution is -2.28. The Bertz CT molecular complexity index is 332. The summed E-state index contributed by atoms with van der Waals surface area (Å²) in [5.41, 5.74) is 7.09. The van der Waals surface area contributed by atoms with E-state index in [1.807, 2.05) is 6.20 Å². The van der Waals surface area contributed by atoms with Crippen LogP contribution in [0.15, 0.2) is 29.0 Å².